The van der Waals surface area contributed by atoms with Gasteiger partial charge in [0.25, 0.3) is 11.4 Å². The Bertz CT molecular complexity index is 1430. The topological polar surface area (TPSA) is 99.9 Å². The molecule has 1 aliphatic heterocycles. The molecule has 2 fully saturated rings. The predicted molar refractivity (Wildman–Crippen MR) is 125 cm³/mol. The largest absolute Gasteiger partial charge is 0.379 e. The summed E-state index contributed by atoms with van der Waals surface area (Å²) in [5.41, 5.74) is 0.954. The molecule has 6 rings (SSSR count). The van der Waals surface area contributed by atoms with Crippen LogP contribution in [0.5, 0.6) is 0 Å². The molecule has 184 valence electrons. The summed E-state index contributed by atoms with van der Waals surface area (Å²) in [5.74, 6) is 0.243. The number of morpholine rings is 1. The van der Waals surface area contributed by atoms with Crippen LogP contribution in [0.2, 0.25) is 0 Å². The minimum Gasteiger partial charge on any atom is -0.379 e. The van der Waals surface area contributed by atoms with Gasteiger partial charge in [-0.3, -0.25) is 14.1 Å². The van der Waals surface area contributed by atoms with Gasteiger partial charge in [-0.2, -0.15) is 4.98 Å². The number of rotatable bonds is 6. The van der Waals surface area contributed by atoms with Gasteiger partial charge >= 0.3 is 0 Å². The summed E-state index contributed by atoms with van der Waals surface area (Å²) in [6, 6.07) is 4.43. The van der Waals surface area contributed by atoms with Gasteiger partial charge in [-0.15, -0.1) is 0 Å². The number of fused-ring (bicyclic) bond motifs is 3. The molecule has 0 atom stereocenters. The summed E-state index contributed by atoms with van der Waals surface area (Å²) >= 11 is 0. The smallest absolute Gasteiger partial charge is 0.279 e. The predicted octanol–water partition coefficient (Wildman–Crippen LogP) is 2.59. The average Bonchev–Trinajstić information content (AvgIpc) is 3.64. The molecule has 10 nitrogen and oxygen atoms in total. The summed E-state index contributed by atoms with van der Waals surface area (Å²) < 4.78 is 34.3. The SMILES string of the molecule is COC1(c2noc(-c3ncn4c3c(=O)n(CCN3CCOCC3)c3cc(F)ccc34)n2)CCCC1. The molecule has 2 aliphatic rings. The third-order valence-corrected chi connectivity index (χ3v) is 7.28. The van der Waals surface area contributed by atoms with E-state index in [2.05, 4.69) is 20.0 Å². The maximum Gasteiger partial charge on any atom is 0.279 e. The molecule has 11 heteroatoms. The van der Waals surface area contributed by atoms with Crippen LogP contribution in [-0.2, 0) is 21.6 Å². The average molecular weight is 483 g/mol. The molecule has 0 N–H and O–H groups in total. The highest BCUT2D eigenvalue weighted by molar-refractivity contribution is 5.83. The van der Waals surface area contributed by atoms with E-state index in [0.717, 1.165) is 38.8 Å². The third-order valence-electron chi connectivity index (χ3n) is 7.28. The minimum atomic E-state index is -0.570. The number of methoxy groups -OCH3 is 1. The number of imidazole rings is 1. The summed E-state index contributed by atoms with van der Waals surface area (Å²) in [6.07, 6.45) is 5.24. The zero-order valence-corrected chi connectivity index (χ0v) is 19.6. The number of benzene rings is 1. The Balaban J connectivity index is 1.46. The Morgan fingerprint density at radius 2 is 1.94 bits per heavy atom. The van der Waals surface area contributed by atoms with Gasteiger partial charge < -0.3 is 18.6 Å². The fraction of sp³-hybridized carbons (Fsp3) is 0.500. The van der Waals surface area contributed by atoms with Gasteiger partial charge in [0.15, 0.2) is 5.69 Å². The number of halogens is 1. The second-order valence-corrected chi connectivity index (χ2v) is 9.18. The maximum atomic E-state index is 14.2. The van der Waals surface area contributed by atoms with Gasteiger partial charge in [0.2, 0.25) is 5.82 Å². The minimum absolute atomic E-state index is 0.170. The van der Waals surface area contributed by atoms with Crippen molar-refractivity contribution in [3.05, 3.63) is 46.5 Å². The molecule has 0 spiro atoms. The highest BCUT2D eigenvalue weighted by atomic mass is 19.1. The number of hydrogen-bond acceptors (Lipinski definition) is 8. The van der Waals surface area contributed by atoms with Crippen molar-refractivity contribution in [3.8, 4) is 11.6 Å². The second-order valence-electron chi connectivity index (χ2n) is 9.18. The van der Waals surface area contributed by atoms with E-state index in [4.69, 9.17) is 14.0 Å². The first-order valence-electron chi connectivity index (χ1n) is 12.0. The molecule has 0 radical (unpaired) electrons. The van der Waals surface area contributed by atoms with Gasteiger partial charge in [-0.25, -0.2) is 9.37 Å². The van der Waals surface area contributed by atoms with E-state index in [-0.39, 0.29) is 11.4 Å². The van der Waals surface area contributed by atoms with Crippen molar-refractivity contribution >= 4 is 16.6 Å². The van der Waals surface area contributed by atoms with Crippen molar-refractivity contribution in [1.82, 2.24) is 29.0 Å². The number of ether oxygens (including phenoxy) is 2. The summed E-state index contributed by atoms with van der Waals surface area (Å²) in [5, 5.41) is 4.19. The Kier molecular flexibility index (Phi) is 5.62. The number of hydrogen-bond donors (Lipinski definition) is 0. The first kappa shape index (κ1) is 22.3. The molecule has 1 saturated heterocycles. The van der Waals surface area contributed by atoms with Gasteiger partial charge in [0, 0.05) is 33.3 Å². The second kappa shape index (κ2) is 8.81. The van der Waals surface area contributed by atoms with Crippen molar-refractivity contribution in [2.45, 2.75) is 37.8 Å². The van der Waals surface area contributed by atoms with E-state index in [1.165, 1.54) is 12.1 Å². The molecule has 35 heavy (non-hydrogen) atoms. The summed E-state index contributed by atoms with van der Waals surface area (Å²) in [6.45, 7) is 3.98. The Morgan fingerprint density at radius 1 is 1.14 bits per heavy atom. The normalized spacial score (nSPS) is 18.7. The van der Waals surface area contributed by atoms with E-state index in [9.17, 15) is 9.18 Å². The van der Waals surface area contributed by atoms with E-state index in [1.807, 2.05) is 0 Å². The Labute approximate surface area is 200 Å². The van der Waals surface area contributed by atoms with Crippen LogP contribution >= 0.6 is 0 Å². The standard InChI is InChI=1S/C24H27FN6O4/c1-33-24(6-2-3-7-24)23-27-21(35-28-23)19-20-22(32)30(9-8-29-10-12-34-13-11-29)18-14-16(25)4-5-17(18)31(20)15-26-19/h4-5,14-15H,2-3,6-13H2,1H3. The van der Waals surface area contributed by atoms with Crippen LogP contribution in [0.4, 0.5) is 4.39 Å². The quantitative estimate of drug-likeness (QED) is 0.414. The van der Waals surface area contributed by atoms with E-state index in [1.54, 1.807) is 28.5 Å². The maximum absolute atomic E-state index is 14.2. The molecular formula is C24H27FN6O4. The van der Waals surface area contributed by atoms with Gasteiger partial charge in [-0.05, 0) is 43.9 Å². The first-order chi connectivity index (χ1) is 17.1. The third kappa shape index (κ3) is 3.74. The molecule has 0 bridgehead atoms. The van der Waals surface area contributed by atoms with E-state index < -0.39 is 11.4 Å². The first-order valence-corrected chi connectivity index (χ1v) is 12.0. The molecule has 0 unspecified atom stereocenters. The lowest BCUT2D eigenvalue weighted by molar-refractivity contribution is -0.0178. The monoisotopic (exact) mass is 482 g/mol. The highest BCUT2D eigenvalue weighted by Gasteiger charge is 2.40. The van der Waals surface area contributed by atoms with Gasteiger partial charge in [0.05, 0.1) is 24.2 Å². The van der Waals surface area contributed by atoms with E-state index >= 15 is 0 Å². The Morgan fingerprint density at radius 3 is 2.71 bits per heavy atom. The highest BCUT2D eigenvalue weighted by Crippen LogP contribution is 2.40. The molecule has 1 aromatic carbocycles. The molecule has 0 amide bonds. The van der Waals surface area contributed by atoms with Crippen LogP contribution in [0.15, 0.2) is 33.8 Å². The lowest BCUT2D eigenvalue weighted by Gasteiger charge is -2.27. The van der Waals surface area contributed by atoms with Crippen molar-refractivity contribution in [2.24, 2.45) is 0 Å². The molecular weight excluding hydrogens is 455 g/mol. The number of nitrogens with zero attached hydrogens (tertiary/aromatic N) is 6. The van der Waals surface area contributed by atoms with Crippen molar-refractivity contribution in [2.75, 3.05) is 40.0 Å². The zero-order chi connectivity index (χ0) is 24.0. The van der Waals surface area contributed by atoms with Crippen LogP contribution in [0, 0.1) is 5.82 Å². The van der Waals surface area contributed by atoms with Crippen molar-refractivity contribution in [1.29, 1.82) is 0 Å². The van der Waals surface area contributed by atoms with Crippen LogP contribution in [0.25, 0.3) is 28.1 Å². The number of aromatic nitrogens is 5. The molecule has 1 saturated carbocycles. The Hall–Kier alpha value is -3.15. The van der Waals surface area contributed by atoms with Crippen LogP contribution in [0.3, 0.4) is 0 Å². The lowest BCUT2D eigenvalue weighted by atomic mass is 10.0. The van der Waals surface area contributed by atoms with Gasteiger partial charge in [-0.1, -0.05) is 5.16 Å². The zero-order valence-electron chi connectivity index (χ0n) is 19.6. The van der Waals surface area contributed by atoms with Crippen LogP contribution < -0.4 is 5.56 Å². The molecule has 1 aliphatic carbocycles. The fourth-order valence-electron chi connectivity index (χ4n) is 5.30. The van der Waals surface area contributed by atoms with Gasteiger partial charge in [0.1, 0.15) is 23.3 Å². The van der Waals surface area contributed by atoms with Crippen LogP contribution in [-0.4, -0.2) is 69.0 Å². The molecule has 3 aromatic heterocycles. The van der Waals surface area contributed by atoms with Crippen molar-refractivity contribution in [3.63, 3.8) is 0 Å². The summed E-state index contributed by atoms with van der Waals surface area (Å²) in [7, 11) is 1.66. The fourth-order valence-corrected chi connectivity index (χ4v) is 5.30. The summed E-state index contributed by atoms with van der Waals surface area (Å²) in [4.78, 5) is 25.1. The van der Waals surface area contributed by atoms with Crippen molar-refractivity contribution < 1.29 is 18.4 Å². The lowest BCUT2D eigenvalue weighted by Crippen LogP contribution is -2.39. The molecule has 4 aromatic rings. The van der Waals surface area contributed by atoms with E-state index in [0.29, 0.717) is 54.4 Å². The molecule has 4 heterocycles. The van der Waals surface area contributed by atoms with Crippen LogP contribution in [0.1, 0.15) is 31.5 Å².